The molecule has 0 radical (unpaired) electrons. The number of nitrogens with zero attached hydrogens (tertiary/aromatic N) is 1. The Hall–Kier alpha value is -2.69. The van der Waals surface area contributed by atoms with Crippen LogP contribution in [0.5, 0.6) is 17.2 Å². The first-order chi connectivity index (χ1) is 11.1. The van der Waals surface area contributed by atoms with Crippen molar-refractivity contribution in [2.45, 2.75) is 6.61 Å². The van der Waals surface area contributed by atoms with Crippen LogP contribution < -0.4 is 14.2 Å². The largest absolute Gasteiger partial charge is 0.493 e. The number of hydrogen-bond donors (Lipinski definition) is 0. The highest BCUT2D eigenvalue weighted by molar-refractivity contribution is 5.94. The number of para-hydroxylation sites is 1. The minimum atomic E-state index is -0.0401. The summed E-state index contributed by atoms with van der Waals surface area (Å²) in [5.74, 6) is 1.71. The standard InChI is InChI=1S/C18H21NO4/c1-19(2)18(20)14-8-5-7-13(11-14)12-23-17-15(21-3)9-6-10-16(17)22-4/h5-11H,12H2,1-4H3. The van der Waals surface area contributed by atoms with Crippen LogP contribution in [0.15, 0.2) is 42.5 Å². The van der Waals surface area contributed by atoms with Gasteiger partial charge in [0.2, 0.25) is 5.75 Å². The number of ether oxygens (including phenoxy) is 3. The molecular formula is C18H21NO4. The van der Waals surface area contributed by atoms with E-state index in [2.05, 4.69) is 0 Å². The van der Waals surface area contributed by atoms with E-state index in [4.69, 9.17) is 14.2 Å². The van der Waals surface area contributed by atoms with E-state index < -0.39 is 0 Å². The Kier molecular flexibility index (Phi) is 5.46. The van der Waals surface area contributed by atoms with E-state index in [1.165, 1.54) is 0 Å². The fraction of sp³-hybridized carbons (Fsp3) is 0.278. The van der Waals surface area contributed by atoms with Gasteiger partial charge in [0.1, 0.15) is 6.61 Å². The Morgan fingerprint density at radius 1 is 1.00 bits per heavy atom. The minimum absolute atomic E-state index is 0.0401. The first-order valence-corrected chi connectivity index (χ1v) is 7.21. The Labute approximate surface area is 136 Å². The van der Waals surface area contributed by atoms with Crippen LogP contribution >= 0.6 is 0 Å². The molecule has 0 saturated heterocycles. The van der Waals surface area contributed by atoms with E-state index in [1.807, 2.05) is 36.4 Å². The smallest absolute Gasteiger partial charge is 0.253 e. The summed E-state index contributed by atoms with van der Waals surface area (Å²) < 4.78 is 16.5. The second-order valence-corrected chi connectivity index (χ2v) is 5.18. The Morgan fingerprint density at radius 3 is 2.17 bits per heavy atom. The summed E-state index contributed by atoms with van der Waals surface area (Å²) in [4.78, 5) is 13.6. The third kappa shape index (κ3) is 3.94. The highest BCUT2D eigenvalue weighted by atomic mass is 16.5. The summed E-state index contributed by atoms with van der Waals surface area (Å²) >= 11 is 0. The normalized spacial score (nSPS) is 10.1. The molecule has 23 heavy (non-hydrogen) atoms. The van der Waals surface area contributed by atoms with Crippen molar-refractivity contribution < 1.29 is 19.0 Å². The first-order valence-electron chi connectivity index (χ1n) is 7.21. The molecule has 2 rings (SSSR count). The second-order valence-electron chi connectivity index (χ2n) is 5.18. The summed E-state index contributed by atoms with van der Waals surface area (Å²) in [5, 5.41) is 0. The molecule has 0 aliphatic carbocycles. The zero-order valence-electron chi connectivity index (χ0n) is 13.8. The molecule has 0 atom stereocenters. The molecule has 0 saturated carbocycles. The van der Waals surface area contributed by atoms with E-state index >= 15 is 0 Å². The van der Waals surface area contributed by atoms with Gasteiger partial charge in [-0.25, -0.2) is 0 Å². The molecule has 2 aromatic carbocycles. The Bertz CT molecular complexity index is 660. The Morgan fingerprint density at radius 2 is 1.61 bits per heavy atom. The van der Waals surface area contributed by atoms with Crippen molar-refractivity contribution >= 4 is 5.91 Å². The quantitative estimate of drug-likeness (QED) is 0.822. The van der Waals surface area contributed by atoms with Crippen molar-refractivity contribution in [1.82, 2.24) is 4.90 Å². The lowest BCUT2D eigenvalue weighted by atomic mass is 10.1. The van der Waals surface area contributed by atoms with Crippen molar-refractivity contribution in [3.63, 3.8) is 0 Å². The Balaban J connectivity index is 2.19. The summed E-state index contributed by atoms with van der Waals surface area (Å²) in [5.41, 5.74) is 1.52. The average molecular weight is 315 g/mol. The molecule has 122 valence electrons. The van der Waals surface area contributed by atoms with Gasteiger partial charge < -0.3 is 19.1 Å². The molecule has 0 aliphatic heterocycles. The number of rotatable bonds is 6. The minimum Gasteiger partial charge on any atom is -0.493 e. The molecule has 0 fully saturated rings. The highest BCUT2D eigenvalue weighted by Crippen LogP contribution is 2.37. The number of methoxy groups -OCH3 is 2. The fourth-order valence-electron chi connectivity index (χ4n) is 2.17. The van der Waals surface area contributed by atoms with Crippen LogP contribution in [0.25, 0.3) is 0 Å². The monoisotopic (exact) mass is 315 g/mol. The van der Waals surface area contributed by atoms with E-state index in [0.29, 0.717) is 29.4 Å². The topological polar surface area (TPSA) is 48.0 Å². The number of carbonyl (C=O) groups is 1. The summed E-state index contributed by atoms with van der Waals surface area (Å²) in [6, 6.07) is 12.8. The van der Waals surface area contributed by atoms with Crippen molar-refractivity contribution in [2.75, 3.05) is 28.3 Å². The van der Waals surface area contributed by atoms with E-state index in [0.717, 1.165) is 5.56 Å². The zero-order chi connectivity index (χ0) is 16.8. The number of amides is 1. The predicted molar refractivity (Wildman–Crippen MR) is 88.3 cm³/mol. The lowest BCUT2D eigenvalue weighted by molar-refractivity contribution is 0.0827. The maximum absolute atomic E-state index is 12.0. The van der Waals surface area contributed by atoms with E-state index in [9.17, 15) is 4.79 Å². The lowest BCUT2D eigenvalue weighted by Gasteiger charge is -2.15. The molecule has 0 bridgehead atoms. The molecule has 5 nitrogen and oxygen atoms in total. The second kappa shape index (κ2) is 7.54. The van der Waals surface area contributed by atoms with Gasteiger partial charge in [-0.2, -0.15) is 0 Å². The van der Waals surface area contributed by atoms with Crippen molar-refractivity contribution in [3.8, 4) is 17.2 Å². The van der Waals surface area contributed by atoms with Gasteiger partial charge in [-0.3, -0.25) is 4.79 Å². The van der Waals surface area contributed by atoms with Crippen LogP contribution in [0.1, 0.15) is 15.9 Å². The van der Waals surface area contributed by atoms with Gasteiger partial charge in [0.25, 0.3) is 5.91 Å². The van der Waals surface area contributed by atoms with Gasteiger partial charge in [-0.15, -0.1) is 0 Å². The predicted octanol–water partition coefficient (Wildman–Crippen LogP) is 2.98. The highest BCUT2D eigenvalue weighted by Gasteiger charge is 2.12. The van der Waals surface area contributed by atoms with E-state index in [-0.39, 0.29) is 5.91 Å². The van der Waals surface area contributed by atoms with Gasteiger partial charge in [0, 0.05) is 19.7 Å². The SMILES string of the molecule is COc1cccc(OC)c1OCc1cccc(C(=O)N(C)C)c1. The summed E-state index contributed by atoms with van der Waals surface area (Å²) in [6.07, 6.45) is 0. The number of carbonyl (C=O) groups excluding carboxylic acids is 1. The van der Waals surface area contributed by atoms with Crippen LogP contribution in [-0.2, 0) is 6.61 Å². The first kappa shape index (κ1) is 16.7. The third-order valence-electron chi connectivity index (χ3n) is 3.35. The molecule has 0 aliphatic rings. The molecule has 1 amide bonds. The molecule has 0 N–H and O–H groups in total. The van der Waals surface area contributed by atoms with Gasteiger partial charge in [-0.1, -0.05) is 18.2 Å². The summed E-state index contributed by atoms with van der Waals surface area (Å²) in [6.45, 7) is 0.311. The van der Waals surface area contributed by atoms with Gasteiger partial charge in [0.05, 0.1) is 14.2 Å². The molecule has 0 heterocycles. The van der Waals surface area contributed by atoms with Crippen LogP contribution in [0, 0.1) is 0 Å². The van der Waals surface area contributed by atoms with Crippen LogP contribution in [0.4, 0.5) is 0 Å². The zero-order valence-corrected chi connectivity index (χ0v) is 13.8. The molecule has 0 aromatic heterocycles. The third-order valence-corrected chi connectivity index (χ3v) is 3.35. The van der Waals surface area contributed by atoms with Crippen LogP contribution in [-0.4, -0.2) is 39.1 Å². The van der Waals surface area contributed by atoms with Crippen LogP contribution in [0.2, 0.25) is 0 Å². The maximum atomic E-state index is 12.0. The van der Waals surface area contributed by atoms with Crippen molar-refractivity contribution in [1.29, 1.82) is 0 Å². The van der Waals surface area contributed by atoms with Crippen molar-refractivity contribution in [2.24, 2.45) is 0 Å². The fourth-order valence-corrected chi connectivity index (χ4v) is 2.17. The van der Waals surface area contributed by atoms with Gasteiger partial charge in [0.15, 0.2) is 11.5 Å². The lowest BCUT2D eigenvalue weighted by Crippen LogP contribution is -2.21. The maximum Gasteiger partial charge on any atom is 0.253 e. The number of hydrogen-bond acceptors (Lipinski definition) is 4. The van der Waals surface area contributed by atoms with Crippen molar-refractivity contribution in [3.05, 3.63) is 53.6 Å². The molecular weight excluding hydrogens is 294 g/mol. The van der Waals surface area contributed by atoms with Gasteiger partial charge in [-0.05, 0) is 29.8 Å². The average Bonchev–Trinajstić information content (AvgIpc) is 2.58. The molecule has 2 aromatic rings. The molecule has 5 heteroatoms. The molecule has 0 unspecified atom stereocenters. The van der Waals surface area contributed by atoms with Gasteiger partial charge >= 0.3 is 0 Å². The number of benzene rings is 2. The summed E-state index contributed by atoms with van der Waals surface area (Å²) in [7, 11) is 6.62. The molecule has 0 spiro atoms. The van der Waals surface area contributed by atoms with E-state index in [1.54, 1.807) is 39.3 Å². The van der Waals surface area contributed by atoms with Crippen LogP contribution in [0.3, 0.4) is 0 Å².